The lowest BCUT2D eigenvalue weighted by molar-refractivity contribution is -0.142. The summed E-state index contributed by atoms with van der Waals surface area (Å²) in [4.78, 5) is 27.8. The largest absolute Gasteiger partial charge is 0.481 e. The number of nitrogens with one attached hydrogen (secondary N) is 2. The van der Waals surface area contributed by atoms with E-state index in [0.29, 0.717) is 24.4 Å². The highest BCUT2D eigenvalue weighted by Gasteiger charge is 2.24. The molecule has 1 saturated carbocycles. The van der Waals surface area contributed by atoms with Crippen LogP contribution in [0.2, 0.25) is 0 Å². The number of aromatic amines is 1. The van der Waals surface area contributed by atoms with Gasteiger partial charge in [-0.2, -0.15) is 9.49 Å². The van der Waals surface area contributed by atoms with Gasteiger partial charge in [0.2, 0.25) is 5.95 Å². The lowest BCUT2D eigenvalue weighted by Crippen LogP contribution is -2.28. The van der Waals surface area contributed by atoms with Gasteiger partial charge < -0.3 is 10.4 Å². The molecule has 0 saturated heterocycles. The van der Waals surface area contributed by atoms with Gasteiger partial charge in [0, 0.05) is 6.04 Å². The van der Waals surface area contributed by atoms with Crippen LogP contribution in [0.3, 0.4) is 0 Å². The van der Waals surface area contributed by atoms with Crippen molar-refractivity contribution in [2.45, 2.75) is 70.3 Å². The standard InChI is InChI=1S/C22H27F2N7O2/c23-15-11-25-18(10-16-19-21(31-30-16)26-12-17(24)28-19)29-20(15)27-14-8-6-4-2-1-3-5-7-13(9-14)22(32)33/h11-14H,1-10H2,(H,32,33)(H,25,27,29)(H,26,30,31). The van der Waals surface area contributed by atoms with Crippen molar-refractivity contribution in [3.05, 3.63) is 35.7 Å². The third kappa shape index (κ3) is 5.96. The third-order valence-electron chi connectivity index (χ3n) is 6.05. The molecular weight excluding hydrogens is 432 g/mol. The maximum atomic E-state index is 14.6. The molecule has 3 heterocycles. The fraction of sp³-hybridized carbons (Fsp3) is 0.545. The predicted octanol–water partition coefficient (Wildman–Crippen LogP) is 4.02. The van der Waals surface area contributed by atoms with E-state index in [9.17, 15) is 18.7 Å². The van der Waals surface area contributed by atoms with E-state index in [4.69, 9.17) is 0 Å². The molecule has 0 amide bonds. The van der Waals surface area contributed by atoms with Gasteiger partial charge in [0.15, 0.2) is 17.3 Å². The molecule has 1 aliphatic carbocycles. The van der Waals surface area contributed by atoms with Crippen LogP contribution < -0.4 is 5.32 Å². The van der Waals surface area contributed by atoms with Gasteiger partial charge in [-0.05, 0) is 19.3 Å². The second-order valence-corrected chi connectivity index (χ2v) is 8.54. The molecule has 11 heteroatoms. The molecule has 3 aromatic rings. The average molecular weight is 460 g/mol. The summed E-state index contributed by atoms with van der Waals surface area (Å²) in [5.74, 6) is -2.31. The summed E-state index contributed by atoms with van der Waals surface area (Å²) in [5.41, 5.74) is 1.00. The number of fused-ring (bicyclic) bond motifs is 1. The topological polar surface area (TPSA) is 130 Å². The van der Waals surface area contributed by atoms with Crippen LogP contribution in [0.15, 0.2) is 12.4 Å². The van der Waals surface area contributed by atoms with E-state index in [1.165, 1.54) is 0 Å². The highest BCUT2D eigenvalue weighted by Crippen LogP contribution is 2.25. The van der Waals surface area contributed by atoms with Crippen LogP contribution in [0.1, 0.15) is 69.3 Å². The minimum atomic E-state index is -0.815. The van der Waals surface area contributed by atoms with E-state index < -0.39 is 23.7 Å². The van der Waals surface area contributed by atoms with E-state index in [1.54, 1.807) is 0 Å². The van der Waals surface area contributed by atoms with Crippen LogP contribution in [0.25, 0.3) is 11.2 Å². The van der Waals surface area contributed by atoms with Gasteiger partial charge >= 0.3 is 5.97 Å². The fourth-order valence-corrected chi connectivity index (χ4v) is 4.31. The number of rotatable bonds is 5. The summed E-state index contributed by atoms with van der Waals surface area (Å²) >= 11 is 0. The lowest BCUT2D eigenvalue weighted by atomic mass is 9.92. The number of aromatic nitrogens is 6. The number of hydrogen-bond acceptors (Lipinski definition) is 7. The van der Waals surface area contributed by atoms with E-state index >= 15 is 0 Å². The molecule has 1 fully saturated rings. The Morgan fingerprint density at radius 1 is 1.06 bits per heavy atom. The van der Waals surface area contributed by atoms with Crippen LogP contribution in [0.5, 0.6) is 0 Å². The molecule has 1 aliphatic rings. The lowest BCUT2D eigenvalue weighted by Gasteiger charge is -2.23. The number of carboxylic acid groups (broad SMARTS) is 1. The molecule has 2 atom stereocenters. The molecule has 0 aliphatic heterocycles. The molecule has 3 N–H and O–H groups in total. The van der Waals surface area contributed by atoms with Crippen molar-refractivity contribution in [1.82, 2.24) is 30.1 Å². The summed E-state index contributed by atoms with van der Waals surface area (Å²) < 4.78 is 28.1. The van der Waals surface area contributed by atoms with E-state index in [1.807, 2.05) is 0 Å². The molecule has 33 heavy (non-hydrogen) atoms. The highest BCUT2D eigenvalue weighted by atomic mass is 19.1. The van der Waals surface area contributed by atoms with Crippen LogP contribution in [-0.4, -0.2) is 47.3 Å². The number of aliphatic carboxylic acids is 1. The Bertz CT molecular complexity index is 1110. The fourth-order valence-electron chi connectivity index (χ4n) is 4.31. The van der Waals surface area contributed by atoms with Crippen molar-refractivity contribution in [1.29, 1.82) is 0 Å². The first kappa shape index (κ1) is 22.9. The maximum Gasteiger partial charge on any atom is 0.306 e. The first-order chi connectivity index (χ1) is 16.0. The summed E-state index contributed by atoms with van der Waals surface area (Å²) in [5, 5.41) is 19.5. The number of halogens is 2. The Hall–Kier alpha value is -3.24. The zero-order valence-electron chi connectivity index (χ0n) is 18.2. The van der Waals surface area contributed by atoms with Gasteiger partial charge in [-0.1, -0.05) is 38.5 Å². The maximum absolute atomic E-state index is 14.6. The predicted molar refractivity (Wildman–Crippen MR) is 117 cm³/mol. The van der Waals surface area contributed by atoms with Gasteiger partial charge in [0.05, 0.1) is 30.4 Å². The summed E-state index contributed by atoms with van der Waals surface area (Å²) in [7, 11) is 0. The van der Waals surface area contributed by atoms with E-state index in [-0.39, 0.29) is 29.4 Å². The highest BCUT2D eigenvalue weighted by molar-refractivity contribution is 5.72. The first-order valence-corrected chi connectivity index (χ1v) is 11.4. The van der Waals surface area contributed by atoms with Crippen molar-refractivity contribution in [3.63, 3.8) is 0 Å². The third-order valence-corrected chi connectivity index (χ3v) is 6.05. The van der Waals surface area contributed by atoms with Crippen LogP contribution in [0.4, 0.5) is 14.6 Å². The van der Waals surface area contributed by atoms with Crippen molar-refractivity contribution < 1.29 is 18.7 Å². The average Bonchev–Trinajstić information content (AvgIpc) is 3.15. The summed E-state index contributed by atoms with van der Waals surface area (Å²) in [6.45, 7) is 0. The van der Waals surface area contributed by atoms with Crippen molar-refractivity contribution >= 4 is 23.0 Å². The van der Waals surface area contributed by atoms with Gasteiger partial charge in [-0.25, -0.2) is 24.3 Å². The molecule has 0 bridgehead atoms. The number of H-pyrrole nitrogens is 1. The number of carbonyl (C=O) groups is 1. The number of anilines is 1. The quantitative estimate of drug-likeness (QED) is 0.522. The van der Waals surface area contributed by atoms with Crippen molar-refractivity contribution in [2.75, 3.05) is 5.32 Å². The molecule has 2 unspecified atom stereocenters. The minimum absolute atomic E-state index is 0.0325. The normalized spacial score (nSPS) is 20.3. The van der Waals surface area contributed by atoms with Crippen molar-refractivity contribution in [3.8, 4) is 0 Å². The van der Waals surface area contributed by atoms with Crippen LogP contribution in [0, 0.1) is 17.7 Å². The molecule has 9 nitrogen and oxygen atoms in total. The van der Waals surface area contributed by atoms with E-state index in [0.717, 1.165) is 57.3 Å². The Kier molecular flexibility index (Phi) is 7.36. The smallest absolute Gasteiger partial charge is 0.306 e. The first-order valence-electron chi connectivity index (χ1n) is 11.4. The van der Waals surface area contributed by atoms with Gasteiger partial charge in [-0.3, -0.25) is 9.89 Å². The molecule has 0 aromatic carbocycles. The van der Waals surface area contributed by atoms with Crippen molar-refractivity contribution in [2.24, 2.45) is 5.92 Å². The molecule has 3 aromatic heterocycles. The van der Waals surface area contributed by atoms with Crippen LogP contribution in [-0.2, 0) is 11.2 Å². The number of nitrogens with zero attached hydrogens (tertiary/aromatic N) is 5. The minimum Gasteiger partial charge on any atom is -0.481 e. The summed E-state index contributed by atoms with van der Waals surface area (Å²) in [6, 6.07) is -0.214. The zero-order chi connectivity index (χ0) is 23.2. The van der Waals surface area contributed by atoms with Crippen LogP contribution >= 0.6 is 0 Å². The Labute approximate surface area is 189 Å². The molecular formula is C22H27F2N7O2. The second-order valence-electron chi connectivity index (χ2n) is 8.54. The SMILES string of the molecule is O=C(O)C1CCCCCCCCC(Nc2nc(Cc3[nH]nc4ncc(F)nc34)ncc2F)C1. The number of carboxylic acids is 1. The summed E-state index contributed by atoms with van der Waals surface area (Å²) in [6.07, 6.45) is 10.1. The number of hydrogen-bond donors (Lipinski definition) is 3. The Balaban J connectivity index is 1.52. The second kappa shape index (κ2) is 10.6. The molecule has 0 radical (unpaired) electrons. The van der Waals surface area contributed by atoms with Gasteiger partial charge in [-0.15, -0.1) is 0 Å². The van der Waals surface area contributed by atoms with Gasteiger partial charge in [0.1, 0.15) is 11.3 Å². The Morgan fingerprint density at radius 2 is 1.82 bits per heavy atom. The molecule has 176 valence electrons. The zero-order valence-corrected chi connectivity index (χ0v) is 18.2. The molecule has 0 spiro atoms. The van der Waals surface area contributed by atoms with Gasteiger partial charge in [0.25, 0.3) is 0 Å². The monoisotopic (exact) mass is 459 g/mol. The van der Waals surface area contributed by atoms with E-state index in [2.05, 4.69) is 35.5 Å². The Morgan fingerprint density at radius 3 is 2.61 bits per heavy atom. The molecule has 4 rings (SSSR count).